The Kier molecular flexibility index (Phi) is 4.09. The normalized spacial score (nSPS) is 21.8. The molecule has 1 amide bonds. The van der Waals surface area contributed by atoms with E-state index in [1.807, 2.05) is 0 Å². The quantitative estimate of drug-likeness (QED) is 0.825. The van der Waals surface area contributed by atoms with E-state index in [4.69, 9.17) is 0 Å². The Bertz CT molecular complexity index is 360. The highest BCUT2D eigenvalue weighted by Crippen LogP contribution is 2.14. The molecule has 1 saturated heterocycles. The summed E-state index contributed by atoms with van der Waals surface area (Å²) in [5.74, 6) is 0.501. The molecule has 1 aliphatic rings. The van der Waals surface area contributed by atoms with Gasteiger partial charge >= 0.3 is 0 Å². The summed E-state index contributed by atoms with van der Waals surface area (Å²) in [7, 11) is 0. The molecule has 1 fully saturated rings. The molecule has 4 nitrogen and oxygen atoms in total. The minimum Gasteiger partial charge on any atom is -0.349 e. The van der Waals surface area contributed by atoms with Crippen LogP contribution in [0, 0.1) is 5.92 Å². The van der Waals surface area contributed by atoms with Gasteiger partial charge < -0.3 is 10.6 Å². The molecule has 0 aliphatic carbocycles. The van der Waals surface area contributed by atoms with E-state index in [9.17, 15) is 4.79 Å². The highest BCUT2D eigenvalue weighted by atomic mass is 16.1. The fourth-order valence-electron chi connectivity index (χ4n) is 2.21. The van der Waals surface area contributed by atoms with Gasteiger partial charge in [-0.1, -0.05) is 0 Å². The Labute approximate surface area is 102 Å². The van der Waals surface area contributed by atoms with Crippen molar-refractivity contribution in [3.8, 4) is 0 Å². The van der Waals surface area contributed by atoms with Gasteiger partial charge in [-0.25, -0.2) is 0 Å². The summed E-state index contributed by atoms with van der Waals surface area (Å²) >= 11 is 0. The maximum Gasteiger partial charge on any atom is 0.253 e. The molecule has 1 aliphatic heterocycles. The van der Waals surface area contributed by atoms with E-state index in [0.29, 0.717) is 11.5 Å². The summed E-state index contributed by atoms with van der Waals surface area (Å²) in [6.07, 6.45) is 5.64. The van der Waals surface area contributed by atoms with E-state index in [1.165, 1.54) is 12.8 Å². The predicted octanol–water partition coefficient (Wildman–Crippen LogP) is 1.20. The minimum atomic E-state index is -0.0313. The summed E-state index contributed by atoms with van der Waals surface area (Å²) in [6.45, 7) is 4.17. The standard InChI is InChI=1S/C13H19N3O/c1-10(11-4-2-6-14-8-11)16-13(17)12-5-3-7-15-9-12/h3,5,7,9-11,14H,2,4,6,8H2,1H3,(H,16,17). The molecule has 1 aromatic heterocycles. The maximum absolute atomic E-state index is 11.9. The molecule has 0 aromatic carbocycles. The number of pyridine rings is 1. The average molecular weight is 233 g/mol. The Hall–Kier alpha value is -1.42. The van der Waals surface area contributed by atoms with Crippen LogP contribution in [0.2, 0.25) is 0 Å². The van der Waals surface area contributed by atoms with Gasteiger partial charge in [0, 0.05) is 18.4 Å². The lowest BCUT2D eigenvalue weighted by atomic mass is 9.92. The topological polar surface area (TPSA) is 54.0 Å². The van der Waals surface area contributed by atoms with Crippen molar-refractivity contribution in [3.05, 3.63) is 30.1 Å². The van der Waals surface area contributed by atoms with Gasteiger partial charge in [-0.2, -0.15) is 0 Å². The van der Waals surface area contributed by atoms with Gasteiger partial charge in [0.1, 0.15) is 0 Å². The van der Waals surface area contributed by atoms with Gasteiger partial charge in [0.25, 0.3) is 5.91 Å². The summed E-state index contributed by atoms with van der Waals surface area (Å²) < 4.78 is 0. The second-order valence-electron chi connectivity index (χ2n) is 4.61. The van der Waals surface area contributed by atoms with Gasteiger partial charge in [-0.05, 0) is 50.9 Å². The number of nitrogens with zero attached hydrogens (tertiary/aromatic N) is 1. The van der Waals surface area contributed by atoms with E-state index in [1.54, 1.807) is 24.5 Å². The summed E-state index contributed by atoms with van der Waals surface area (Å²) in [4.78, 5) is 15.9. The smallest absolute Gasteiger partial charge is 0.253 e. The van der Waals surface area contributed by atoms with Crippen LogP contribution in [0.1, 0.15) is 30.1 Å². The third-order valence-electron chi connectivity index (χ3n) is 3.32. The van der Waals surface area contributed by atoms with Crippen molar-refractivity contribution in [1.82, 2.24) is 15.6 Å². The Morgan fingerprint density at radius 3 is 3.18 bits per heavy atom. The molecule has 0 saturated carbocycles. The van der Waals surface area contributed by atoms with Crippen molar-refractivity contribution in [1.29, 1.82) is 0 Å². The number of rotatable bonds is 3. The van der Waals surface area contributed by atoms with Crippen molar-refractivity contribution < 1.29 is 4.79 Å². The van der Waals surface area contributed by atoms with Crippen molar-refractivity contribution in [2.45, 2.75) is 25.8 Å². The van der Waals surface area contributed by atoms with Crippen LogP contribution in [0.3, 0.4) is 0 Å². The van der Waals surface area contributed by atoms with Gasteiger partial charge in [0.2, 0.25) is 0 Å². The van der Waals surface area contributed by atoms with E-state index in [2.05, 4.69) is 22.5 Å². The van der Waals surface area contributed by atoms with Crippen molar-refractivity contribution >= 4 is 5.91 Å². The van der Waals surface area contributed by atoms with Crippen molar-refractivity contribution in [2.75, 3.05) is 13.1 Å². The van der Waals surface area contributed by atoms with E-state index >= 15 is 0 Å². The first-order valence-corrected chi connectivity index (χ1v) is 6.19. The maximum atomic E-state index is 11.9. The molecule has 1 aromatic rings. The molecule has 2 N–H and O–H groups in total. The van der Waals surface area contributed by atoms with Crippen LogP contribution >= 0.6 is 0 Å². The number of carbonyl (C=O) groups excluding carboxylic acids is 1. The number of carbonyl (C=O) groups is 1. The van der Waals surface area contributed by atoms with E-state index in [-0.39, 0.29) is 11.9 Å². The number of hydrogen-bond donors (Lipinski definition) is 2. The third kappa shape index (κ3) is 3.27. The molecule has 4 heteroatoms. The van der Waals surface area contributed by atoms with Crippen LogP contribution in [-0.2, 0) is 0 Å². The molecule has 2 atom stereocenters. The molecular formula is C13H19N3O. The highest BCUT2D eigenvalue weighted by molar-refractivity contribution is 5.93. The van der Waals surface area contributed by atoms with Gasteiger partial charge in [-0.3, -0.25) is 9.78 Å². The first kappa shape index (κ1) is 12.0. The Morgan fingerprint density at radius 2 is 2.53 bits per heavy atom. The molecule has 2 rings (SSSR count). The zero-order valence-corrected chi connectivity index (χ0v) is 10.1. The second-order valence-corrected chi connectivity index (χ2v) is 4.61. The summed E-state index contributed by atoms with van der Waals surface area (Å²) in [6, 6.07) is 3.77. The Balaban J connectivity index is 1.89. The summed E-state index contributed by atoms with van der Waals surface area (Å²) in [5.41, 5.74) is 0.628. The van der Waals surface area contributed by atoms with E-state index in [0.717, 1.165) is 13.1 Å². The van der Waals surface area contributed by atoms with Crippen molar-refractivity contribution in [2.24, 2.45) is 5.92 Å². The first-order valence-electron chi connectivity index (χ1n) is 6.19. The zero-order valence-electron chi connectivity index (χ0n) is 10.1. The SMILES string of the molecule is CC(NC(=O)c1cccnc1)C1CCCNC1. The molecule has 0 bridgehead atoms. The lowest BCUT2D eigenvalue weighted by molar-refractivity contribution is 0.0921. The Morgan fingerprint density at radius 1 is 1.65 bits per heavy atom. The molecule has 17 heavy (non-hydrogen) atoms. The molecule has 0 spiro atoms. The molecule has 2 heterocycles. The average Bonchev–Trinajstić information content (AvgIpc) is 2.40. The largest absolute Gasteiger partial charge is 0.349 e. The fraction of sp³-hybridized carbons (Fsp3) is 0.538. The van der Waals surface area contributed by atoms with Crippen molar-refractivity contribution in [3.63, 3.8) is 0 Å². The summed E-state index contributed by atoms with van der Waals surface area (Å²) in [5, 5.41) is 6.41. The lowest BCUT2D eigenvalue weighted by Crippen LogP contribution is -2.44. The minimum absolute atomic E-state index is 0.0313. The van der Waals surface area contributed by atoms with Crippen LogP contribution in [-0.4, -0.2) is 30.0 Å². The third-order valence-corrected chi connectivity index (χ3v) is 3.32. The monoisotopic (exact) mass is 233 g/mol. The first-order chi connectivity index (χ1) is 8.27. The van der Waals surface area contributed by atoms with Gasteiger partial charge in [0.05, 0.1) is 5.56 Å². The molecule has 2 unspecified atom stereocenters. The van der Waals surface area contributed by atoms with Crippen LogP contribution in [0.5, 0.6) is 0 Å². The van der Waals surface area contributed by atoms with E-state index < -0.39 is 0 Å². The number of amides is 1. The molecular weight excluding hydrogens is 214 g/mol. The van der Waals surface area contributed by atoms with Gasteiger partial charge in [-0.15, -0.1) is 0 Å². The lowest BCUT2D eigenvalue weighted by Gasteiger charge is -2.28. The predicted molar refractivity (Wildman–Crippen MR) is 66.8 cm³/mol. The number of aromatic nitrogens is 1. The number of nitrogens with one attached hydrogen (secondary N) is 2. The van der Waals surface area contributed by atoms with Gasteiger partial charge in [0.15, 0.2) is 0 Å². The zero-order chi connectivity index (χ0) is 12.1. The second kappa shape index (κ2) is 5.77. The number of piperidine rings is 1. The highest BCUT2D eigenvalue weighted by Gasteiger charge is 2.21. The van der Waals surface area contributed by atoms with Crippen LogP contribution in [0.25, 0.3) is 0 Å². The molecule has 92 valence electrons. The van der Waals surface area contributed by atoms with Crippen LogP contribution < -0.4 is 10.6 Å². The molecule has 0 radical (unpaired) electrons. The van der Waals surface area contributed by atoms with Crippen LogP contribution in [0.4, 0.5) is 0 Å². The number of hydrogen-bond acceptors (Lipinski definition) is 3. The fourth-order valence-corrected chi connectivity index (χ4v) is 2.21. The van der Waals surface area contributed by atoms with Crippen LogP contribution in [0.15, 0.2) is 24.5 Å².